The van der Waals surface area contributed by atoms with Crippen LogP contribution >= 0.6 is 0 Å². The molecule has 0 aliphatic carbocycles. The minimum Gasteiger partial charge on any atom is -0.247 e. The SMILES string of the molecule is O=C(NS(=O)(=O)Cc1ccccc1)NS(=O)(=O)Cc1ccccc1. The van der Waals surface area contributed by atoms with Crippen molar-refractivity contribution in [1.82, 2.24) is 9.44 Å². The Kier molecular flexibility index (Phi) is 5.58. The topological polar surface area (TPSA) is 109 Å². The third kappa shape index (κ3) is 6.01. The molecular formula is C15H16N2O5S2. The number of rotatable bonds is 6. The molecule has 0 aliphatic heterocycles. The lowest BCUT2D eigenvalue weighted by Gasteiger charge is -2.09. The van der Waals surface area contributed by atoms with Crippen molar-refractivity contribution >= 4 is 26.1 Å². The highest BCUT2D eigenvalue weighted by Gasteiger charge is 2.20. The summed E-state index contributed by atoms with van der Waals surface area (Å²) in [5.74, 6) is -0.861. The van der Waals surface area contributed by atoms with E-state index in [1.807, 2.05) is 0 Å². The van der Waals surface area contributed by atoms with Gasteiger partial charge in [0.25, 0.3) is 0 Å². The molecule has 0 spiro atoms. The van der Waals surface area contributed by atoms with Gasteiger partial charge < -0.3 is 0 Å². The van der Waals surface area contributed by atoms with E-state index in [4.69, 9.17) is 0 Å². The Morgan fingerprint density at radius 2 is 1.00 bits per heavy atom. The zero-order chi connectivity index (χ0) is 17.6. The molecule has 0 bridgehead atoms. The quantitative estimate of drug-likeness (QED) is 0.800. The molecule has 128 valence electrons. The Morgan fingerprint density at radius 3 is 1.33 bits per heavy atom. The molecule has 2 rings (SSSR count). The monoisotopic (exact) mass is 368 g/mol. The second-order valence-electron chi connectivity index (χ2n) is 5.02. The molecule has 2 amide bonds. The van der Waals surface area contributed by atoms with Gasteiger partial charge in [-0.25, -0.2) is 31.1 Å². The summed E-state index contributed by atoms with van der Waals surface area (Å²) in [4.78, 5) is 11.7. The van der Waals surface area contributed by atoms with Crippen molar-refractivity contribution in [1.29, 1.82) is 0 Å². The van der Waals surface area contributed by atoms with Gasteiger partial charge in [0.15, 0.2) is 0 Å². The van der Waals surface area contributed by atoms with Crippen molar-refractivity contribution in [3.63, 3.8) is 0 Å². The number of hydrogen-bond acceptors (Lipinski definition) is 5. The van der Waals surface area contributed by atoms with E-state index < -0.39 is 37.6 Å². The minimum atomic E-state index is -4.01. The van der Waals surface area contributed by atoms with Gasteiger partial charge >= 0.3 is 6.03 Å². The zero-order valence-corrected chi connectivity index (χ0v) is 14.2. The maximum absolute atomic E-state index is 11.9. The molecule has 0 aromatic heterocycles. The molecule has 24 heavy (non-hydrogen) atoms. The summed E-state index contributed by atoms with van der Waals surface area (Å²) in [6.07, 6.45) is 0. The van der Waals surface area contributed by atoms with E-state index in [0.717, 1.165) is 0 Å². The Labute approximate surface area is 140 Å². The summed E-state index contributed by atoms with van der Waals surface area (Å²) in [5.41, 5.74) is 0.954. The van der Waals surface area contributed by atoms with Crippen molar-refractivity contribution < 1.29 is 21.6 Å². The Hall–Kier alpha value is -2.39. The molecule has 0 atom stereocenters. The first-order chi connectivity index (χ1) is 11.3. The van der Waals surface area contributed by atoms with E-state index in [1.165, 1.54) is 0 Å². The first kappa shape index (κ1) is 18.0. The van der Waals surface area contributed by atoms with Crippen LogP contribution in [0.4, 0.5) is 4.79 Å². The fourth-order valence-electron chi connectivity index (χ4n) is 1.96. The normalized spacial score (nSPS) is 11.7. The average Bonchev–Trinajstić information content (AvgIpc) is 2.46. The van der Waals surface area contributed by atoms with Gasteiger partial charge in [0.05, 0.1) is 11.5 Å². The van der Waals surface area contributed by atoms with Crippen LogP contribution in [-0.4, -0.2) is 22.9 Å². The van der Waals surface area contributed by atoms with Gasteiger partial charge in [-0.05, 0) is 11.1 Å². The zero-order valence-electron chi connectivity index (χ0n) is 12.5. The van der Waals surface area contributed by atoms with E-state index in [-0.39, 0.29) is 0 Å². The lowest BCUT2D eigenvalue weighted by Crippen LogP contribution is -2.43. The Balaban J connectivity index is 1.96. The molecule has 2 N–H and O–H groups in total. The molecule has 0 fully saturated rings. The van der Waals surface area contributed by atoms with E-state index in [2.05, 4.69) is 0 Å². The number of benzene rings is 2. The predicted molar refractivity (Wildman–Crippen MR) is 89.8 cm³/mol. The number of urea groups is 1. The summed E-state index contributed by atoms with van der Waals surface area (Å²) in [6.45, 7) is 0. The van der Waals surface area contributed by atoms with Crippen molar-refractivity contribution in [3.05, 3.63) is 71.8 Å². The van der Waals surface area contributed by atoms with Crippen LogP contribution in [0.15, 0.2) is 60.7 Å². The summed E-state index contributed by atoms with van der Waals surface area (Å²) in [7, 11) is -8.01. The summed E-state index contributed by atoms with van der Waals surface area (Å²) < 4.78 is 50.9. The van der Waals surface area contributed by atoms with E-state index in [9.17, 15) is 21.6 Å². The van der Waals surface area contributed by atoms with Gasteiger partial charge in [0.1, 0.15) is 0 Å². The van der Waals surface area contributed by atoms with Crippen LogP contribution in [0.5, 0.6) is 0 Å². The third-order valence-electron chi connectivity index (χ3n) is 2.90. The maximum atomic E-state index is 11.9. The van der Waals surface area contributed by atoms with Crippen LogP contribution in [0.25, 0.3) is 0 Å². The standard InChI is InChI=1S/C15H16N2O5S2/c18-15(16-23(19,20)11-13-7-3-1-4-8-13)17-24(21,22)12-14-9-5-2-6-10-14/h1-10H,11-12H2,(H2,16,17,18). The molecular weight excluding hydrogens is 352 g/mol. The largest absolute Gasteiger partial charge is 0.342 e. The Morgan fingerprint density at radius 1 is 0.667 bits per heavy atom. The minimum absolute atomic E-state index is 0.431. The predicted octanol–water partition coefficient (Wildman–Crippen LogP) is 1.35. The number of amides is 2. The van der Waals surface area contributed by atoms with E-state index in [0.29, 0.717) is 11.1 Å². The maximum Gasteiger partial charge on any atom is 0.342 e. The number of carbonyl (C=O) groups excluding carboxylic acids is 1. The van der Waals surface area contributed by atoms with Crippen LogP contribution in [0, 0.1) is 0 Å². The third-order valence-corrected chi connectivity index (χ3v) is 5.31. The van der Waals surface area contributed by atoms with Gasteiger partial charge in [0.2, 0.25) is 20.0 Å². The fraction of sp³-hybridized carbons (Fsp3) is 0.133. The fourth-order valence-corrected chi connectivity index (χ4v) is 4.10. The second kappa shape index (κ2) is 7.45. The molecule has 0 aliphatic rings. The first-order valence-electron chi connectivity index (χ1n) is 6.88. The van der Waals surface area contributed by atoms with Crippen LogP contribution in [0.3, 0.4) is 0 Å². The first-order valence-corrected chi connectivity index (χ1v) is 10.2. The highest BCUT2D eigenvalue weighted by atomic mass is 32.2. The molecule has 0 heterocycles. The van der Waals surface area contributed by atoms with Crippen molar-refractivity contribution in [2.24, 2.45) is 0 Å². The molecule has 0 unspecified atom stereocenters. The van der Waals surface area contributed by atoms with Gasteiger partial charge in [0, 0.05) is 0 Å². The number of carbonyl (C=O) groups is 1. The lowest BCUT2D eigenvalue weighted by molar-refractivity contribution is 0.250. The average molecular weight is 368 g/mol. The highest BCUT2D eigenvalue weighted by Crippen LogP contribution is 2.05. The number of nitrogens with one attached hydrogen (secondary N) is 2. The van der Waals surface area contributed by atoms with Crippen LogP contribution in [0.2, 0.25) is 0 Å². The van der Waals surface area contributed by atoms with Crippen molar-refractivity contribution in [3.8, 4) is 0 Å². The van der Waals surface area contributed by atoms with Gasteiger partial charge in [-0.1, -0.05) is 60.7 Å². The number of hydrogen-bond donors (Lipinski definition) is 2. The van der Waals surface area contributed by atoms with E-state index >= 15 is 0 Å². The lowest BCUT2D eigenvalue weighted by atomic mass is 10.2. The van der Waals surface area contributed by atoms with Crippen LogP contribution in [0.1, 0.15) is 11.1 Å². The smallest absolute Gasteiger partial charge is 0.247 e. The van der Waals surface area contributed by atoms with Crippen LogP contribution < -0.4 is 9.44 Å². The summed E-state index contributed by atoms with van der Waals surface area (Å²) in [6, 6.07) is 15.1. The van der Waals surface area contributed by atoms with Gasteiger partial charge in [-0.3, -0.25) is 0 Å². The van der Waals surface area contributed by atoms with E-state index in [1.54, 1.807) is 70.1 Å². The molecule has 0 saturated heterocycles. The molecule has 2 aromatic rings. The molecule has 2 aromatic carbocycles. The second-order valence-corrected chi connectivity index (χ2v) is 8.47. The van der Waals surface area contributed by atoms with Gasteiger partial charge in [-0.2, -0.15) is 0 Å². The molecule has 7 nitrogen and oxygen atoms in total. The molecule has 0 saturated carbocycles. The highest BCUT2D eigenvalue weighted by molar-refractivity contribution is 7.90. The Bertz CT molecular complexity index is 820. The molecule has 0 radical (unpaired) electrons. The van der Waals surface area contributed by atoms with Crippen molar-refractivity contribution in [2.45, 2.75) is 11.5 Å². The van der Waals surface area contributed by atoms with Gasteiger partial charge in [-0.15, -0.1) is 0 Å². The summed E-state index contributed by atoms with van der Waals surface area (Å²) in [5, 5.41) is 0. The van der Waals surface area contributed by atoms with Crippen molar-refractivity contribution in [2.75, 3.05) is 0 Å². The van der Waals surface area contributed by atoms with Crippen LogP contribution in [-0.2, 0) is 31.6 Å². The summed E-state index contributed by atoms with van der Waals surface area (Å²) >= 11 is 0. The molecule has 9 heteroatoms. The number of sulfonamides is 2.